The van der Waals surface area contributed by atoms with Crippen molar-refractivity contribution >= 4 is 17.5 Å². The number of carbonyl (C=O) groups excluding carboxylic acids is 1. The van der Waals surface area contributed by atoms with Crippen LogP contribution in [0.25, 0.3) is 0 Å². The van der Waals surface area contributed by atoms with Crippen molar-refractivity contribution in [2.45, 2.75) is 12.2 Å². The normalized spacial score (nSPS) is 16.8. The number of hydrogen-bond acceptors (Lipinski definition) is 2. The summed E-state index contributed by atoms with van der Waals surface area (Å²) in [5.74, 6) is -0.777. The van der Waals surface area contributed by atoms with E-state index in [4.69, 9.17) is 11.6 Å². The summed E-state index contributed by atoms with van der Waals surface area (Å²) in [5.41, 5.74) is 2.44. The number of piperazine rings is 1. The quantitative estimate of drug-likeness (QED) is 0.762. The van der Waals surface area contributed by atoms with Crippen molar-refractivity contribution in [1.29, 1.82) is 0 Å². The van der Waals surface area contributed by atoms with Crippen molar-refractivity contribution in [2.75, 3.05) is 32.1 Å². The Kier molecular flexibility index (Phi) is 6.05. The van der Waals surface area contributed by atoms with Gasteiger partial charge in [0.25, 0.3) is 5.91 Å². The van der Waals surface area contributed by atoms with Crippen LogP contribution in [0.15, 0.2) is 60.7 Å². The zero-order chi connectivity index (χ0) is 17.6. The molecule has 1 fully saturated rings. The van der Waals surface area contributed by atoms with Crippen molar-refractivity contribution in [2.24, 2.45) is 0 Å². The molecule has 1 unspecified atom stereocenters. The molecule has 1 amide bonds. The van der Waals surface area contributed by atoms with Gasteiger partial charge in [-0.15, -0.1) is 11.6 Å². The van der Waals surface area contributed by atoms with Crippen molar-refractivity contribution in [3.05, 3.63) is 71.8 Å². The molecule has 1 saturated heterocycles. The molecule has 132 valence electrons. The van der Waals surface area contributed by atoms with Crippen molar-refractivity contribution in [1.82, 2.24) is 9.80 Å². The first-order valence-electron chi connectivity index (χ1n) is 8.53. The summed E-state index contributed by atoms with van der Waals surface area (Å²) in [6, 6.07) is 20.8. The average molecular weight is 361 g/mol. The molecule has 0 radical (unpaired) electrons. The maximum absolute atomic E-state index is 13.6. The number of nitrogens with zero attached hydrogens (tertiary/aromatic N) is 2. The van der Waals surface area contributed by atoms with Gasteiger partial charge in [0.05, 0.1) is 11.9 Å². The van der Waals surface area contributed by atoms with Crippen LogP contribution in [0.1, 0.15) is 17.2 Å². The monoisotopic (exact) mass is 360 g/mol. The van der Waals surface area contributed by atoms with Crippen molar-refractivity contribution in [3.63, 3.8) is 0 Å². The van der Waals surface area contributed by atoms with Gasteiger partial charge in [0.2, 0.25) is 0 Å². The molecule has 1 aliphatic rings. The Morgan fingerprint density at radius 2 is 1.40 bits per heavy atom. The molecule has 0 N–H and O–H groups in total. The van der Waals surface area contributed by atoms with Crippen LogP contribution < -0.4 is 0 Å². The van der Waals surface area contributed by atoms with Gasteiger partial charge in [-0.3, -0.25) is 9.69 Å². The van der Waals surface area contributed by atoms with E-state index in [0.29, 0.717) is 26.2 Å². The first-order chi connectivity index (χ1) is 12.2. The third-order valence-corrected chi connectivity index (χ3v) is 4.90. The van der Waals surface area contributed by atoms with Gasteiger partial charge in [-0.25, -0.2) is 4.39 Å². The second-order valence-electron chi connectivity index (χ2n) is 6.21. The molecular weight excluding hydrogens is 339 g/mol. The van der Waals surface area contributed by atoms with Gasteiger partial charge < -0.3 is 4.90 Å². The standard InChI is InChI=1S/C20H22ClFN2O/c21-15-18(22)20(25)24-13-11-23(12-14-24)19(16-7-3-1-4-8-16)17-9-5-2-6-10-17/h1-10,18-19H,11-15H2. The third-order valence-electron chi connectivity index (χ3n) is 4.63. The number of amides is 1. The van der Waals surface area contributed by atoms with Gasteiger partial charge in [0.15, 0.2) is 6.17 Å². The lowest BCUT2D eigenvalue weighted by molar-refractivity contribution is -0.137. The van der Waals surface area contributed by atoms with Crippen LogP contribution in [0.3, 0.4) is 0 Å². The SMILES string of the molecule is O=C(C(F)CCl)N1CCN(C(c2ccccc2)c2ccccc2)CC1. The molecule has 3 nitrogen and oxygen atoms in total. The highest BCUT2D eigenvalue weighted by Crippen LogP contribution is 2.29. The van der Waals surface area contributed by atoms with Gasteiger partial charge in [0, 0.05) is 26.2 Å². The predicted molar refractivity (Wildman–Crippen MR) is 98.5 cm³/mol. The summed E-state index contributed by atoms with van der Waals surface area (Å²) < 4.78 is 13.6. The minimum Gasteiger partial charge on any atom is -0.338 e. The van der Waals surface area contributed by atoms with E-state index in [1.54, 1.807) is 4.90 Å². The van der Waals surface area contributed by atoms with Crippen LogP contribution in [0.4, 0.5) is 4.39 Å². The van der Waals surface area contributed by atoms with Crippen LogP contribution in [-0.4, -0.2) is 53.9 Å². The smallest absolute Gasteiger partial charge is 0.258 e. The molecule has 1 atom stereocenters. The molecule has 0 spiro atoms. The Labute approximate surface area is 153 Å². The number of alkyl halides is 2. The molecule has 0 bridgehead atoms. The molecule has 0 saturated carbocycles. The number of rotatable bonds is 5. The predicted octanol–water partition coefficient (Wildman–Crippen LogP) is 3.50. The highest BCUT2D eigenvalue weighted by atomic mass is 35.5. The first-order valence-corrected chi connectivity index (χ1v) is 9.07. The zero-order valence-corrected chi connectivity index (χ0v) is 14.8. The molecule has 3 rings (SSSR count). The van der Waals surface area contributed by atoms with E-state index in [2.05, 4.69) is 29.2 Å². The Morgan fingerprint density at radius 1 is 0.920 bits per heavy atom. The van der Waals surface area contributed by atoms with E-state index < -0.39 is 12.1 Å². The van der Waals surface area contributed by atoms with Gasteiger partial charge in [-0.05, 0) is 11.1 Å². The fourth-order valence-electron chi connectivity index (χ4n) is 3.35. The third kappa shape index (κ3) is 4.20. The van der Waals surface area contributed by atoms with E-state index in [-0.39, 0.29) is 11.9 Å². The second kappa shape index (κ2) is 8.45. The highest BCUT2D eigenvalue weighted by molar-refractivity contribution is 6.19. The maximum Gasteiger partial charge on any atom is 0.258 e. The molecule has 1 aliphatic heterocycles. The van der Waals surface area contributed by atoms with Gasteiger partial charge in [0.1, 0.15) is 0 Å². The van der Waals surface area contributed by atoms with Crippen LogP contribution in [-0.2, 0) is 4.79 Å². The summed E-state index contributed by atoms with van der Waals surface area (Å²) in [6.07, 6.45) is -1.60. The summed E-state index contributed by atoms with van der Waals surface area (Å²) in [5, 5.41) is 0. The molecule has 2 aromatic rings. The lowest BCUT2D eigenvalue weighted by atomic mass is 9.96. The lowest BCUT2D eigenvalue weighted by Crippen LogP contribution is -2.52. The van der Waals surface area contributed by atoms with E-state index in [1.165, 1.54) is 11.1 Å². The van der Waals surface area contributed by atoms with Gasteiger partial charge in [-0.2, -0.15) is 0 Å². The van der Waals surface area contributed by atoms with Crippen LogP contribution >= 0.6 is 11.6 Å². The number of benzene rings is 2. The molecule has 0 aromatic heterocycles. The zero-order valence-electron chi connectivity index (χ0n) is 14.0. The summed E-state index contributed by atoms with van der Waals surface area (Å²) in [7, 11) is 0. The summed E-state index contributed by atoms with van der Waals surface area (Å²) in [6.45, 7) is 2.45. The molecular formula is C20H22ClFN2O. The Bertz CT molecular complexity index is 635. The van der Waals surface area contributed by atoms with Gasteiger partial charge >= 0.3 is 0 Å². The Balaban J connectivity index is 1.77. The van der Waals surface area contributed by atoms with E-state index >= 15 is 0 Å². The van der Waals surface area contributed by atoms with E-state index in [1.807, 2.05) is 36.4 Å². The molecule has 1 heterocycles. The largest absolute Gasteiger partial charge is 0.338 e. The Morgan fingerprint density at radius 3 is 1.84 bits per heavy atom. The molecule has 25 heavy (non-hydrogen) atoms. The van der Waals surface area contributed by atoms with Crippen LogP contribution in [0, 0.1) is 0 Å². The lowest BCUT2D eigenvalue weighted by Gasteiger charge is -2.40. The van der Waals surface area contributed by atoms with Gasteiger partial charge in [-0.1, -0.05) is 60.7 Å². The van der Waals surface area contributed by atoms with E-state index in [0.717, 1.165) is 0 Å². The van der Waals surface area contributed by atoms with E-state index in [9.17, 15) is 9.18 Å². The van der Waals surface area contributed by atoms with Crippen molar-refractivity contribution in [3.8, 4) is 0 Å². The minimum atomic E-state index is -1.60. The summed E-state index contributed by atoms with van der Waals surface area (Å²) in [4.78, 5) is 15.9. The second-order valence-corrected chi connectivity index (χ2v) is 6.52. The van der Waals surface area contributed by atoms with Crippen molar-refractivity contribution < 1.29 is 9.18 Å². The average Bonchev–Trinajstić information content (AvgIpc) is 2.69. The minimum absolute atomic E-state index is 0.133. The first kappa shape index (κ1) is 17.9. The Hall–Kier alpha value is -1.91. The number of carbonyl (C=O) groups is 1. The fraction of sp³-hybridized carbons (Fsp3) is 0.350. The number of halogens is 2. The van der Waals surface area contributed by atoms with Crippen LogP contribution in [0.2, 0.25) is 0 Å². The molecule has 2 aromatic carbocycles. The molecule has 0 aliphatic carbocycles. The highest BCUT2D eigenvalue weighted by Gasteiger charge is 2.30. The number of hydrogen-bond donors (Lipinski definition) is 0. The van der Waals surface area contributed by atoms with Crippen LogP contribution in [0.5, 0.6) is 0 Å². The summed E-state index contributed by atoms with van der Waals surface area (Å²) >= 11 is 5.47. The molecule has 5 heteroatoms. The topological polar surface area (TPSA) is 23.6 Å². The maximum atomic E-state index is 13.6. The fourth-order valence-corrected chi connectivity index (χ4v) is 3.48.